The van der Waals surface area contributed by atoms with E-state index in [1.165, 1.54) is 32.1 Å². The van der Waals surface area contributed by atoms with Crippen LogP contribution in [-0.2, 0) is 11.3 Å². The number of rotatable bonds is 5. The van der Waals surface area contributed by atoms with Crippen LogP contribution in [0.15, 0.2) is 47.6 Å². The van der Waals surface area contributed by atoms with Gasteiger partial charge in [-0.05, 0) is 62.2 Å². The molecule has 0 radical (unpaired) electrons. The maximum absolute atomic E-state index is 6.56. The lowest BCUT2D eigenvalue weighted by Gasteiger charge is -2.21. The highest BCUT2D eigenvalue weighted by Gasteiger charge is 2.23. The highest BCUT2D eigenvalue weighted by Crippen LogP contribution is 2.34. The second kappa shape index (κ2) is 11.5. The van der Waals surface area contributed by atoms with Crippen molar-refractivity contribution in [2.45, 2.75) is 58.5 Å². The topological polar surface area (TPSA) is 65.4 Å². The minimum Gasteiger partial charge on any atom is -0.473 e. The Morgan fingerprint density at radius 1 is 1.00 bits per heavy atom. The first-order valence-corrected chi connectivity index (χ1v) is 12.8. The molecule has 1 aliphatic rings. The van der Waals surface area contributed by atoms with Gasteiger partial charge < -0.3 is 10.6 Å². The summed E-state index contributed by atoms with van der Waals surface area (Å²) in [5, 5.41) is 5.78. The molecule has 8 heteroatoms. The van der Waals surface area contributed by atoms with Crippen molar-refractivity contribution in [1.82, 2.24) is 9.55 Å². The molecule has 2 N–H and O–H groups in total. The van der Waals surface area contributed by atoms with Gasteiger partial charge in [0, 0.05) is 32.9 Å². The number of halogens is 3. The number of hydrogen-bond acceptors (Lipinski definition) is 4. The third-order valence-electron chi connectivity index (χ3n) is 6.40. The fraction of sp³-hybridized carbons (Fsp3) is 0.385. The van der Waals surface area contributed by atoms with Crippen LogP contribution in [0.4, 0.5) is 0 Å². The fourth-order valence-corrected chi connectivity index (χ4v) is 5.17. The molecule has 0 bridgehead atoms. The minimum atomic E-state index is 0.258. The van der Waals surface area contributed by atoms with Gasteiger partial charge in [-0.1, -0.05) is 66.9 Å². The van der Waals surface area contributed by atoms with Crippen molar-refractivity contribution >= 4 is 40.7 Å². The molecule has 0 aliphatic heterocycles. The third-order valence-corrected chi connectivity index (χ3v) is 7.20. The fourth-order valence-electron chi connectivity index (χ4n) is 4.55. The first-order valence-electron chi connectivity index (χ1n) is 11.7. The summed E-state index contributed by atoms with van der Waals surface area (Å²) >= 11 is 18.8. The molecule has 0 spiro atoms. The van der Waals surface area contributed by atoms with Gasteiger partial charge in [-0.3, -0.25) is 4.57 Å². The molecule has 0 unspecified atom stereocenters. The minimum absolute atomic E-state index is 0.258. The highest BCUT2D eigenvalue weighted by atomic mass is 35.5. The monoisotopic (exact) mass is 518 g/mol. The maximum atomic E-state index is 6.56. The van der Waals surface area contributed by atoms with E-state index in [0.717, 1.165) is 35.5 Å². The van der Waals surface area contributed by atoms with Gasteiger partial charge in [0.2, 0.25) is 5.90 Å². The quantitative estimate of drug-likeness (QED) is 0.161. The van der Waals surface area contributed by atoms with E-state index in [4.69, 9.17) is 50.4 Å². The Kier molecular flexibility index (Phi) is 8.41. The molecule has 3 aromatic rings. The van der Waals surface area contributed by atoms with Gasteiger partial charge in [0.1, 0.15) is 12.4 Å². The van der Waals surface area contributed by atoms with Gasteiger partial charge in [0.15, 0.2) is 0 Å². The summed E-state index contributed by atoms with van der Waals surface area (Å²) in [6.45, 7) is 2.29. The summed E-state index contributed by atoms with van der Waals surface area (Å²) in [4.78, 5) is 4.94. The van der Waals surface area contributed by atoms with Gasteiger partial charge in [0.05, 0.1) is 10.7 Å². The Labute approximate surface area is 215 Å². The lowest BCUT2D eigenvalue weighted by molar-refractivity contribution is 0.251. The largest absolute Gasteiger partial charge is 0.473 e. The molecule has 5 nitrogen and oxygen atoms in total. The van der Waals surface area contributed by atoms with Crippen LogP contribution in [0.5, 0.6) is 0 Å². The van der Waals surface area contributed by atoms with E-state index in [0.29, 0.717) is 26.8 Å². The van der Waals surface area contributed by atoms with Crippen LogP contribution in [-0.4, -0.2) is 15.4 Å². The van der Waals surface area contributed by atoms with E-state index in [-0.39, 0.29) is 12.5 Å². The molecule has 1 aliphatic carbocycles. The molecule has 0 saturated heterocycles. The van der Waals surface area contributed by atoms with Gasteiger partial charge in [0.25, 0.3) is 0 Å². The molecule has 0 atom stereocenters. The predicted octanol–water partition coefficient (Wildman–Crippen LogP) is 7.96. The van der Waals surface area contributed by atoms with Crippen LogP contribution < -0.4 is 5.84 Å². The Hall–Kier alpha value is -2.21. The van der Waals surface area contributed by atoms with Gasteiger partial charge in [-0.15, -0.1) is 5.10 Å². The van der Waals surface area contributed by atoms with Crippen LogP contribution in [0.3, 0.4) is 0 Å². The summed E-state index contributed by atoms with van der Waals surface area (Å²) in [5.41, 5.74) is 3.44. The molecular formula is C26H29Cl3N4O. The van der Waals surface area contributed by atoms with Gasteiger partial charge in [-0.25, -0.2) is 4.98 Å². The zero-order valence-electron chi connectivity index (χ0n) is 19.2. The second-order valence-electron chi connectivity index (χ2n) is 8.70. The Morgan fingerprint density at radius 2 is 1.65 bits per heavy atom. The van der Waals surface area contributed by atoms with Crippen molar-refractivity contribution in [3.63, 3.8) is 0 Å². The van der Waals surface area contributed by atoms with Crippen molar-refractivity contribution in [3.8, 4) is 17.1 Å². The van der Waals surface area contributed by atoms with Crippen molar-refractivity contribution in [2.24, 2.45) is 16.9 Å². The van der Waals surface area contributed by atoms with Crippen LogP contribution in [0.2, 0.25) is 15.1 Å². The summed E-state index contributed by atoms with van der Waals surface area (Å²) in [6, 6.07) is 13.0. The van der Waals surface area contributed by atoms with Crippen LogP contribution in [0.1, 0.15) is 56.3 Å². The second-order valence-corrected chi connectivity index (χ2v) is 9.98. The van der Waals surface area contributed by atoms with E-state index in [2.05, 4.69) is 9.67 Å². The van der Waals surface area contributed by atoms with Crippen LogP contribution in [0, 0.1) is 12.8 Å². The number of hydrogen-bond donors (Lipinski definition) is 1. The van der Waals surface area contributed by atoms with Crippen molar-refractivity contribution in [3.05, 3.63) is 68.9 Å². The summed E-state index contributed by atoms with van der Waals surface area (Å²) < 4.78 is 8.23. The lowest BCUT2D eigenvalue weighted by atomic mass is 9.91. The van der Waals surface area contributed by atoms with Crippen molar-refractivity contribution < 1.29 is 4.74 Å². The first-order chi connectivity index (χ1) is 16.5. The van der Waals surface area contributed by atoms with Gasteiger partial charge >= 0.3 is 0 Å². The molecule has 34 heavy (non-hydrogen) atoms. The van der Waals surface area contributed by atoms with Crippen LogP contribution >= 0.6 is 34.8 Å². The van der Waals surface area contributed by atoms with Crippen LogP contribution in [0.25, 0.3) is 17.1 Å². The number of ether oxygens (including phenoxy) is 1. The third kappa shape index (κ3) is 5.70. The molecular weight excluding hydrogens is 491 g/mol. The standard InChI is InChI=1S/C26H29Cl3N4O/c1-17-24(16-34-26(32-30)18-7-5-3-2-4-6-8-18)31-25(22-14-11-20(28)15-23(22)29)33(17)21-12-9-19(27)10-13-21/h9-15,18H,2-8,16,30H2,1H3/b32-26-. The smallest absolute Gasteiger partial charge is 0.209 e. The van der Waals surface area contributed by atoms with E-state index in [9.17, 15) is 0 Å². The van der Waals surface area contributed by atoms with E-state index in [1.54, 1.807) is 6.07 Å². The maximum Gasteiger partial charge on any atom is 0.209 e. The van der Waals surface area contributed by atoms with E-state index in [1.807, 2.05) is 43.3 Å². The average molecular weight is 520 g/mol. The predicted molar refractivity (Wildman–Crippen MR) is 141 cm³/mol. The Bertz CT molecular complexity index is 1150. The molecule has 1 heterocycles. The number of benzene rings is 2. The molecule has 1 saturated carbocycles. The number of hydrazone groups is 1. The zero-order chi connectivity index (χ0) is 24.1. The SMILES string of the molecule is Cc1c(CO/C(=N\N)C2CCCCCCC2)nc(-c2ccc(Cl)cc2Cl)n1-c1ccc(Cl)cc1. The molecule has 4 rings (SSSR count). The lowest BCUT2D eigenvalue weighted by Crippen LogP contribution is -2.21. The molecule has 180 valence electrons. The van der Waals surface area contributed by atoms with E-state index >= 15 is 0 Å². The summed E-state index contributed by atoms with van der Waals surface area (Å²) in [6.07, 6.45) is 8.28. The normalized spacial score (nSPS) is 15.7. The summed E-state index contributed by atoms with van der Waals surface area (Å²) in [7, 11) is 0. The Morgan fingerprint density at radius 3 is 2.29 bits per heavy atom. The Balaban J connectivity index is 1.67. The molecule has 1 aromatic heterocycles. The highest BCUT2D eigenvalue weighted by molar-refractivity contribution is 6.36. The number of aromatic nitrogens is 2. The molecule has 1 fully saturated rings. The number of nitrogens with zero attached hydrogens (tertiary/aromatic N) is 3. The number of imidazole rings is 1. The van der Waals surface area contributed by atoms with Crippen molar-refractivity contribution in [2.75, 3.05) is 0 Å². The van der Waals surface area contributed by atoms with E-state index < -0.39 is 0 Å². The van der Waals surface area contributed by atoms with Gasteiger partial charge in [-0.2, -0.15) is 0 Å². The number of nitrogens with two attached hydrogens (primary N) is 1. The first kappa shape index (κ1) is 24.9. The average Bonchev–Trinajstić information content (AvgIpc) is 3.11. The molecule has 2 aromatic carbocycles. The van der Waals surface area contributed by atoms with Crippen molar-refractivity contribution in [1.29, 1.82) is 0 Å². The molecule has 0 amide bonds. The summed E-state index contributed by atoms with van der Waals surface area (Å²) in [5.74, 6) is 7.34. The zero-order valence-corrected chi connectivity index (χ0v) is 21.5.